The molecule has 0 spiro atoms. The number of carbonyl (C=O) groups is 1. The Morgan fingerprint density at radius 1 is 1.53 bits per heavy atom. The van der Waals surface area contributed by atoms with Gasteiger partial charge in [0.05, 0.1) is 22.5 Å². The number of hydrogen-bond donors (Lipinski definition) is 2. The van der Waals surface area contributed by atoms with E-state index in [1.54, 1.807) is 6.92 Å². The average molecular weight is 263 g/mol. The van der Waals surface area contributed by atoms with Gasteiger partial charge in [-0.3, -0.25) is 14.9 Å². The summed E-state index contributed by atoms with van der Waals surface area (Å²) in [5, 5.41) is 31.3. The van der Waals surface area contributed by atoms with Crippen LogP contribution in [0, 0.1) is 27.4 Å². The third-order valence-electron chi connectivity index (χ3n) is 2.85. The number of rotatable bonds is 5. The predicted octanol–water partition coefficient (Wildman–Crippen LogP) is 1.99. The van der Waals surface area contributed by atoms with Crippen molar-refractivity contribution in [2.45, 2.75) is 19.9 Å². The fraction of sp³-hybridized carbons (Fsp3) is 0.333. The van der Waals surface area contributed by atoms with Gasteiger partial charge < -0.3 is 10.4 Å². The van der Waals surface area contributed by atoms with Crippen molar-refractivity contribution in [3.05, 3.63) is 33.9 Å². The number of hydrogen-bond acceptors (Lipinski definition) is 5. The Hall–Kier alpha value is -2.62. The van der Waals surface area contributed by atoms with Gasteiger partial charge in [0, 0.05) is 12.1 Å². The van der Waals surface area contributed by atoms with Gasteiger partial charge in [-0.15, -0.1) is 0 Å². The molecule has 1 rings (SSSR count). The molecule has 0 aliphatic rings. The van der Waals surface area contributed by atoms with E-state index in [-0.39, 0.29) is 16.9 Å². The smallest absolute Gasteiger partial charge is 0.308 e. The zero-order chi connectivity index (χ0) is 14.6. The van der Waals surface area contributed by atoms with E-state index in [4.69, 9.17) is 10.4 Å². The van der Waals surface area contributed by atoms with Gasteiger partial charge in [-0.05, 0) is 26.0 Å². The second kappa shape index (κ2) is 5.82. The molecule has 0 saturated carbocycles. The molecule has 1 aromatic rings. The zero-order valence-electron chi connectivity index (χ0n) is 10.5. The van der Waals surface area contributed by atoms with Gasteiger partial charge in [-0.2, -0.15) is 5.26 Å². The lowest BCUT2D eigenvalue weighted by molar-refractivity contribution is -0.384. The highest BCUT2D eigenvalue weighted by molar-refractivity contribution is 5.72. The molecule has 0 aliphatic heterocycles. The molecule has 7 heteroatoms. The minimum Gasteiger partial charge on any atom is -0.481 e. The Labute approximate surface area is 109 Å². The van der Waals surface area contributed by atoms with Gasteiger partial charge in [0.1, 0.15) is 5.69 Å². The number of nitrogens with zero attached hydrogens (tertiary/aromatic N) is 2. The number of carboxylic acids is 1. The molecule has 2 unspecified atom stereocenters. The maximum atomic E-state index is 10.9. The highest BCUT2D eigenvalue weighted by atomic mass is 16.6. The lowest BCUT2D eigenvalue weighted by atomic mass is 10.0. The summed E-state index contributed by atoms with van der Waals surface area (Å²) in [6.07, 6.45) is 0. The number of anilines is 1. The number of nitrogens with one attached hydrogen (secondary N) is 1. The predicted molar refractivity (Wildman–Crippen MR) is 67.7 cm³/mol. The molecule has 100 valence electrons. The molecule has 2 N–H and O–H groups in total. The van der Waals surface area contributed by atoms with Crippen LogP contribution in [-0.4, -0.2) is 22.0 Å². The van der Waals surface area contributed by atoms with Crippen LogP contribution in [-0.2, 0) is 4.79 Å². The topological polar surface area (TPSA) is 116 Å². The first-order valence-corrected chi connectivity index (χ1v) is 5.54. The third-order valence-corrected chi connectivity index (χ3v) is 2.85. The molecule has 2 atom stereocenters. The lowest BCUT2D eigenvalue weighted by Crippen LogP contribution is -2.30. The van der Waals surface area contributed by atoms with E-state index in [1.165, 1.54) is 25.1 Å². The highest BCUT2D eigenvalue weighted by Crippen LogP contribution is 2.27. The fourth-order valence-electron chi connectivity index (χ4n) is 1.46. The number of carboxylic acid groups (broad SMARTS) is 1. The van der Waals surface area contributed by atoms with E-state index in [2.05, 4.69) is 5.32 Å². The summed E-state index contributed by atoms with van der Waals surface area (Å²) in [5.41, 5.74) is 0.219. The van der Waals surface area contributed by atoms with Crippen LogP contribution in [0.15, 0.2) is 18.2 Å². The highest BCUT2D eigenvalue weighted by Gasteiger charge is 2.22. The summed E-state index contributed by atoms with van der Waals surface area (Å²) >= 11 is 0. The summed E-state index contributed by atoms with van der Waals surface area (Å²) in [4.78, 5) is 21.1. The Bertz CT molecular complexity index is 550. The second-order valence-electron chi connectivity index (χ2n) is 4.16. The standard InChI is InChI=1S/C12H13N3O4/c1-7(12(16)17)8(2)14-10-5-9(6-13)3-4-11(10)15(18)19/h3-5,7-8,14H,1-2H3,(H,16,17). The number of nitro groups is 1. The molecule has 0 saturated heterocycles. The van der Waals surface area contributed by atoms with E-state index in [0.717, 1.165) is 0 Å². The summed E-state index contributed by atoms with van der Waals surface area (Å²) in [6.45, 7) is 3.11. The molecule has 0 bridgehead atoms. The Morgan fingerprint density at radius 2 is 2.16 bits per heavy atom. The molecule has 0 heterocycles. The van der Waals surface area contributed by atoms with Crippen molar-refractivity contribution in [3.8, 4) is 6.07 Å². The van der Waals surface area contributed by atoms with Gasteiger partial charge in [0.15, 0.2) is 0 Å². The fourth-order valence-corrected chi connectivity index (χ4v) is 1.46. The maximum Gasteiger partial charge on any atom is 0.308 e. The van der Waals surface area contributed by atoms with Gasteiger partial charge in [-0.1, -0.05) is 0 Å². The molecule has 0 aliphatic carbocycles. The first-order chi connectivity index (χ1) is 8.86. The molecule has 1 aromatic carbocycles. The minimum atomic E-state index is -1.00. The first kappa shape index (κ1) is 14.4. The monoisotopic (exact) mass is 263 g/mol. The molecule has 0 aromatic heterocycles. The quantitative estimate of drug-likeness (QED) is 0.619. The molecule has 19 heavy (non-hydrogen) atoms. The Morgan fingerprint density at radius 3 is 2.63 bits per heavy atom. The van der Waals surface area contributed by atoms with Gasteiger partial charge in [0.2, 0.25) is 0 Å². The number of benzene rings is 1. The van der Waals surface area contributed by atoms with Crippen LogP contribution < -0.4 is 5.32 Å². The first-order valence-electron chi connectivity index (χ1n) is 5.54. The Balaban J connectivity index is 3.08. The van der Waals surface area contributed by atoms with Gasteiger partial charge in [-0.25, -0.2) is 0 Å². The second-order valence-corrected chi connectivity index (χ2v) is 4.16. The lowest BCUT2D eigenvalue weighted by Gasteiger charge is -2.19. The Kier molecular flexibility index (Phi) is 4.42. The molecule has 0 amide bonds. The van der Waals surface area contributed by atoms with E-state index in [1.807, 2.05) is 6.07 Å². The van der Waals surface area contributed by atoms with E-state index in [0.29, 0.717) is 0 Å². The SMILES string of the molecule is CC(Nc1cc(C#N)ccc1[N+](=O)[O-])C(C)C(=O)O. The average Bonchev–Trinajstić information content (AvgIpc) is 2.36. The van der Waals surface area contributed by atoms with Crippen molar-refractivity contribution in [3.63, 3.8) is 0 Å². The van der Waals surface area contributed by atoms with Crippen molar-refractivity contribution in [1.29, 1.82) is 5.26 Å². The third kappa shape index (κ3) is 3.42. The van der Waals surface area contributed by atoms with Crippen LogP contribution in [0.1, 0.15) is 19.4 Å². The summed E-state index contributed by atoms with van der Waals surface area (Å²) < 4.78 is 0. The van der Waals surface area contributed by atoms with Crippen LogP contribution in [0.3, 0.4) is 0 Å². The number of nitro benzene ring substituents is 1. The minimum absolute atomic E-state index is 0.143. The van der Waals surface area contributed by atoms with E-state index in [9.17, 15) is 14.9 Å². The maximum absolute atomic E-state index is 10.9. The van der Waals surface area contributed by atoms with E-state index >= 15 is 0 Å². The molecule has 0 radical (unpaired) electrons. The van der Waals surface area contributed by atoms with Crippen LogP contribution in [0.4, 0.5) is 11.4 Å². The van der Waals surface area contributed by atoms with Crippen LogP contribution in [0.25, 0.3) is 0 Å². The summed E-state index contributed by atoms with van der Waals surface area (Å²) in [7, 11) is 0. The number of aliphatic carboxylic acids is 1. The zero-order valence-corrected chi connectivity index (χ0v) is 10.5. The molecular weight excluding hydrogens is 250 g/mol. The van der Waals surface area contributed by atoms with Crippen molar-refractivity contribution in [2.75, 3.05) is 5.32 Å². The van der Waals surface area contributed by atoms with Crippen molar-refractivity contribution >= 4 is 17.3 Å². The van der Waals surface area contributed by atoms with Crippen LogP contribution in [0.2, 0.25) is 0 Å². The van der Waals surface area contributed by atoms with Crippen molar-refractivity contribution in [2.24, 2.45) is 5.92 Å². The molecule has 7 nitrogen and oxygen atoms in total. The van der Waals surface area contributed by atoms with Crippen LogP contribution >= 0.6 is 0 Å². The van der Waals surface area contributed by atoms with Gasteiger partial charge in [0.25, 0.3) is 5.69 Å². The summed E-state index contributed by atoms with van der Waals surface area (Å²) in [5.74, 6) is -1.72. The summed E-state index contributed by atoms with van der Waals surface area (Å²) in [6, 6.07) is 5.27. The molecular formula is C12H13N3O4. The number of nitriles is 1. The van der Waals surface area contributed by atoms with Crippen molar-refractivity contribution in [1.82, 2.24) is 0 Å². The largest absolute Gasteiger partial charge is 0.481 e. The molecule has 0 fully saturated rings. The normalized spacial score (nSPS) is 13.1. The van der Waals surface area contributed by atoms with Crippen molar-refractivity contribution < 1.29 is 14.8 Å². The van der Waals surface area contributed by atoms with E-state index < -0.39 is 22.9 Å². The van der Waals surface area contributed by atoms with Crippen LogP contribution in [0.5, 0.6) is 0 Å². The van der Waals surface area contributed by atoms with Gasteiger partial charge >= 0.3 is 5.97 Å².